The second-order valence-corrected chi connectivity index (χ2v) is 7.01. The van der Waals surface area contributed by atoms with Gasteiger partial charge in [0.15, 0.2) is 0 Å². The number of hydrazine groups is 1. The van der Waals surface area contributed by atoms with E-state index in [1.54, 1.807) is 0 Å². The molecule has 2 N–H and O–H groups in total. The number of carbonyl (C=O) groups is 1. The maximum atomic E-state index is 11.3. The van der Waals surface area contributed by atoms with Crippen LogP contribution < -0.4 is 5.84 Å². The van der Waals surface area contributed by atoms with Crippen molar-refractivity contribution in [3.63, 3.8) is 0 Å². The van der Waals surface area contributed by atoms with Gasteiger partial charge in [0.05, 0.1) is 6.26 Å². The van der Waals surface area contributed by atoms with Gasteiger partial charge in [-0.25, -0.2) is 19.1 Å². The Morgan fingerprint density at radius 2 is 2.06 bits per heavy atom. The lowest BCUT2D eigenvalue weighted by Gasteiger charge is -2.18. The summed E-state index contributed by atoms with van der Waals surface area (Å²) in [5.74, 6) is 4.44. The van der Waals surface area contributed by atoms with Crippen LogP contribution in [0.2, 0.25) is 0 Å². The standard InChI is InChI=1S/C6H12N2O7S2/c1-4-5(3-17(12,13)15-4)14-6(9)8(7)16(2,10)11/h4-5H,3,7H2,1-2H3. The van der Waals surface area contributed by atoms with Crippen LogP contribution in [0.5, 0.6) is 0 Å². The van der Waals surface area contributed by atoms with Crippen LogP contribution in [0.25, 0.3) is 0 Å². The van der Waals surface area contributed by atoms with E-state index in [1.807, 2.05) is 0 Å². The van der Waals surface area contributed by atoms with Gasteiger partial charge < -0.3 is 4.74 Å². The summed E-state index contributed by atoms with van der Waals surface area (Å²) < 4.78 is 52.9. The fraction of sp³-hybridized carbons (Fsp3) is 0.833. The molecule has 9 nitrogen and oxygen atoms in total. The second kappa shape index (κ2) is 4.40. The zero-order chi connectivity index (χ0) is 13.4. The smallest absolute Gasteiger partial charge is 0.438 e. The molecule has 17 heavy (non-hydrogen) atoms. The van der Waals surface area contributed by atoms with E-state index in [9.17, 15) is 21.6 Å². The van der Waals surface area contributed by atoms with Crippen LogP contribution in [0.15, 0.2) is 0 Å². The molecule has 0 aromatic rings. The van der Waals surface area contributed by atoms with E-state index in [1.165, 1.54) is 6.92 Å². The second-order valence-electron chi connectivity index (χ2n) is 3.51. The van der Waals surface area contributed by atoms with Gasteiger partial charge in [0.1, 0.15) is 18.0 Å². The Bertz CT molecular complexity index is 510. The number of amides is 1. The minimum atomic E-state index is -3.94. The van der Waals surface area contributed by atoms with E-state index < -0.39 is 44.2 Å². The van der Waals surface area contributed by atoms with Crippen molar-refractivity contribution in [1.29, 1.82) is 0 Å². The molecule has 2 atom stereocenters. The lowest BCUT2D eigenvalue weighted by molar-refractivity contribution is 0.0481. The molecule has 0 bridgehead atoms. The monoisotopic (exact) mass is 288 g/mol. The lowest BCUT2D eigenvalue weighted by atomic mass is 10.3. The van der Waals surface area contributed by atoms with Crippen LogP contribution in [-0.2, 0) is 29.1 Å². The van der Waals surface area contributed by atoms with Crippen LogP contribution >= 0.6 is 0 Å². The molecule has 0 spiro atoms. The topological polar surface area (TPSA) is 133 Å². The van der Waals surface area contributed by atoms with E-state index in [2.05, 4.69) is 8.92 Å². The highest BCUT2D eigenvalue weighted by Crippen LogP contribution is 2.19. The molecule has 0 aromatic carbocycles. The molecule has 0 aliphatic carbocycles. The van der Waals surface area contributed by atoms with Crippen LogP contribution in [0, 0.1) is 0 Å². The number of carbonyl (C=O) groups excluding carboxylic acids is 1. The normalized spacial score (nSPS) is 27.7. The molecule has 1 aliphatic heterocycles. The molecule has 100 valence electrons. The van der Waals surface area contributed by atoms with Gasteiger partial charge in [0, 0.05) is 0 Å². The summed E-state index contributed by atoms with van der Waals surface area (Å²) in [5.41, 5.74) is 0. The highest BCUT2D eigenvalue weighted by atomic mass is 32.2. The molecular weight excluding hydrogens is 276 g/mol. The average molecular weight is 288 g/mol. The van der Waals surface area contributed by atoms with Crippen molar-refractivity contribution in [1.82, 2.24) is 4.41 Å². The molecule has 1 fully saturated rings. The molecule has 0 aromatic heterocycles. The largest absolute Gasteiger partial charge is 0.440 e. The Morgan fingerprint density at radius 1 is 1.53 bits per heavy atom. The molecule has 0 radical (unpaired) electrons. The van der Waals surface area contributed by atoms with E-state index in [0.717, 1.165) is 0 Å². The van der Waals surface area contributed by atoms with Gasteiger partial charge in [-0.15, -0.1) is 4.41 Å². The third-order valence-corrected chi connectivity index (χ3v) is 4.18. The molecule has 1 rings (SSSR count). The molecule has 0 saturated carbocycles. The summed E-state index contributed by atoms with van der Waals surface area (Å²) in [4.78, 5) is 11.3. The molecule has 11 heteroatoms. The summed E-state index contributed by atoms with van der Waals surface area (Å²) in [6.07, 6.45) is -2.61. The van der Waals surface area contributed by atoms with Crippen molar-refractivity contribution in [2.45, 2.75) is 19.1 Å². The number of hydrogen-bond donors (Lipinski definition) is 1. The SMILES string of the molecule is CC1OS(=O)(=O)CC1OC(=O)N(N)S(C)(=O)=O. The molecule has 2 unspecified atom stereocenters. The van der Waals surface area contributed by atoms with Crippen LogP contribution in [0.4, 0.5) is 4.79 Å². The quantitative estimate of drug-likeness (QED) is 0.277. The number of nitrogens with zero attached hydrogens (tertiary/aromatic N) is 1. The van der Waals surface area contributed by atoms with Gasteiger partial charge in [0.2, 0.25) is 0 Å². The maximum Gasteiger partial charge on any atom is 0.438 e. The van der Waals surface area contributed by atoms with E-state index >= 15 is 0 Å². The van der Waals surface area contributed by atoms with Gasteiger partial charge in [-0.3, -0.25) is 4.18 Å². The van der Waals surface area contributed by atoms with Crippen molar-refractivity contribution >= 4 is 26.2 Å². The van der Waals surface area contributed by atoms with Gasteiger partial charge >= 0.3 is 6.09 Å². The summed E-state index contributed by atoms with van der Waals surface area (Å²) in [6, 6.07) is 0. The van der Waals surface area contributed by atoms with Gasteiger partial charge in [-0.1, -0.05) is 0 Å². The molecular formula is C6H12N2O7S2. The van der Waals surface area contributed by atoms with E-state index in [4.69, 9.17) is 5.84 Å². The van der Waals surface area contributed by atoms with Crippen LogP contribution in [0.3, 0.4) is 0 Å². The predicted octanol–water partition coefficient (Wildman–Crippen LogP) is -1.62. The van der Waals surface area contributed by atoms with Crippen molar-refractivity contribution in [2.75, 3.05) is 12.0 Å². The van der Waals surface area contributed by atoms with Crippen molar-refractivity contribution < 1.29 is 30.6 Å². The van der Waals surface area contributed by atoms with Crippen LogP contribution in [0.1, 0.15) is 6.92 Å². The number of nitrogens with two attached hydrogens (primary N) is 1. The Kier molecular flexibility index (Phi) is 3.66. The first-order valence-corrected chi connectivity index (χ1v) is 7.82. The summed E-state index contributed by atoms with van der Waals surface area (Å²) in [5, 5.41) is 0. The molecule has 1 aliphatic rings. The van der Waals surface area contributed by atoms with Gasteiger partial charge in [-0.2, -0.15) is 8.42 Å². The van der Waals surface area contributed by atoms with Gasteiger partial charge in [0.25, 0.3) is 20.1 Å². The number of sulfonamides is 1. The first-order chi connectivity index (χ1) is 7.53. The zero-order valence-corrected chi connectivity index (χ0v) is 10.7. The highest BCUT2D eigenvalue weighted by molar-refractivity contribution is 7.88. The first-order valence-electron chi connectivity index (χ1n) is 4.39. The number of ether oxygens (including phenoxy) is 1. The first kappa shape index (κ1) is 14.2. The average Bonchev–Trinajstić information content (AvgIpc) is 2.36. The lowest BCUT2D eigenvalue weighted by Crippen LogP contribution is -2.44. The Hall–Kier alpha value is -0.910. The fourth-order valence-electron chi connectivity index (χ4n) is 1.12. The zero-order valence-electron chi connectivity index (χ0n) is 9.06. The molecule has 1 saturated heterocycles. The van der Waals surface area contributed by atoms with E-state index in [0.29, 0.717) is 6.26 Å². The molecule has 1 amide bonds. The van der Waals surface area contributed by atoms with Crippen molar-refractivity contribution in [2.24, 2.45) is 5.84 Å². The Morgan fingerprint density at radius 3 is 2.41 bits per heavy atom. The van der Waals surface area contributed by atoms with Crippen LogP contribution in [-0.4, -0.2) is 51.6 Å². The van der Waals surface area contributed by atoms with Gasteiger partial charge in [-0.05, 0) is 6.92 Å². The maximum absolute atomic E-state index is 11.3. The summed E-state index contributed by atoms with van der Waals surface area (Å²) in [6.45, 7) is 1.38. The highest BCUT2D eigenvalue weighted by Gasteiger charge is 2.40. The summed E-state index contributed by atoms with van der Waals surface area (Å²) >= 11 is 0. The summed E-state index contributed by atoms with van der Waals surface area (Å²) in [7, 11) is -7.68. The third-order valence-electron chi connectivity index (χ3n) is 1.98. The predicted molar refractivity (Wildman–Crippen MR) is 55.5 cm³/mol. The Labute approximate surface area is 98.6 Å². The molecule has 1 heterocycles. The van der Waals surface area contributed by atoms with Crippen molar-refractivity contribution in [3.05, 3.63) is 0 Å². The fourth-order valence-corrected chi connectivity index (χ4v) is 2.84. The number of rotatable bonds is 2. The minimum absolute atomic E-state index is 0.106. The third kappa shape index (κ3) is 3.52. The van der Waals surface area contributed by atoms with E-state index in [-0.39, 0.29) is 4.41 Å². The Balaban J connectivity index is 2.72. The minimum Gasteiger partial charge on any atom is -0.440 e. The van der Waals surface area contributed by atoms with Crippen molar-refractivity contribution in [3.8, 4) is 0 Å². The number of hydrogen-bond acceptors (Lipinski definition) is 8.